The third-order valence-electron chi connectivity index (χ3n) is 5.50. The first-order valence-electron chi connectivity index (χ1n) is 10.6. The molecule has 1 saturated heterocycles. The van der Waals surface area contributed by atoms with Crippen molar-refractivity contribution >= 4 is 33.0 Å². The van der Waals surface area contributed by atoms with Gasteiger partial charge < -0.3 is 10.2 Å². The minimum atomic E-state index is -3.63. The second-order valence-electron chi connectivity index (χ2n) is 7.67. The van der Waals surface area contributed by atoms with E-state index in [2.05, 4.69) is 21.7 Å². The molecule has 1 unspecified atom stereocenters. The summed E-state index contributed by atoms with van der Waals surface area (Å²) >= 11 is 1.64. The lowest BCUT2D eigenvalue weighted by atomic mass is 10.1. The van der Waals surface area contributed by atoms with Gasteiger partial charge in [0.2, 0.25) is 10.0 Å². The highest BCUT2D eigenvalue weighted by atomic mass is 32.2. The first kappa shape index (κ1) is 22.8. The highest BCUT2D eigenvalue weighted by Crippen LogP contribution is 2.28. The molecular weight excluding hydrogens is 418 g/mol. The van der Waals surface area contributed by atoms with E-state index in [4.69, 9.17) is 0 Å². The predicted octanol–water partition coefficient (Wildman–Crippen LogP) is 3.74. The van der Waals surface area contributed by atoms with Crippen LogP contribution >= 0.6 is 11.3 Å². The molecule has 3 rings (SSSR count). The van der Waals surface area contributed by atoms with Gasteiger partial charge in [0.1, 0.15) is 0 Å². The summed E-state index contributed by atoms with van der Waals surface area (Å²) in [5.74, 6) is -0.226. The molecule has 1 aromatic heterocycles. The number of thiophene rings is 1. The maximum atomic E-state index is 13.2. The zero-order valence-corrected chi connectivity index (χ0v) is 19.6. The zero-order valence-electron chi connectivity index (χ0n) is 17.9. The Balaban J connectivity index is 1.91. The van der Waals surface area contributed by atoms with E-state index in [-0.39, 0.29) is 16.8 Å². The standard InChI is InChI=1S/C22H31N3O3S2/c1-4-25(5-2)30(27,28)19-8-9-21(24-11-6-7-12-24)20(15-19)22(26)23-17(3)14-18-10-13-29-16-18/h8-10,13,15-17H,4-7,11-12,14H2,1-3H3,(H,23,26). The fraction of sp³-hybridized carbons (Fsp3) is 0.500. The first-order chi connectivity index (χ1) is 14.4. The van der Waals surface area contributed by atoms with Crippen LogP contribution < -0.4 is 10.2 Å². The number of amides is 1. The van der Waals surface area contributed by atoms with E-state index in [1.54, 1.807) is 29.5 Å². The number of sulfonamides is 1. The van der Waals surface area contributed by atoms with Gasteiger partial charge in [-0.2, -0.15) is 15.6 Å². The molecule has 164 valence electrons. The van der Waals surface area contributed by atoms with Crippen LogP contribution in [0.3, 0.4) is 0 Å². The first-order valence-corrected chi connectivity index (χ1v) is 13.0. The Labute approximate surface area is 183 Å². The van der Waals surface area contributed by atoms with Crippen molar-refractivity contribution in [1.29, 1.82) is 0 Å². The van der Waals surface area contributed by atoms with E-state index in [1.165, 1.54) is 9.87 Å². The molecular formula is C22H31N3O3S2. The number of nitrogens with one attached hydrogen (secondary N) is 1. The second-order valence-corrected chi connectivity index (χ2v) is 10.4. The Hall–Kier alpha value is -1.90. The Morgan fingerprint density at radius 2 is 1.90 bits per heavy atom. The summed E-state index contributed by atoms with van der Waals surface area (Å²) in [7, 11) is -3.63. The molecule has 1 amide bonds. The highest BCUT2D eigenvalue weighted by molar-refractivity contribution is 7.89. The maximum absolute atomic E-state index is 13.2. The van der Waals surface area contributed by atoms with Crippen molar-refractivity contribution in [2.75, 3.05) is 31.1 Å². The number of anilines is 1. The van der Waals surface area contributed by atoms with Crippen molar-refractivity contribution in [3.8, 4) is 0 Å². The average Bonchev–Trinajstić information content (AvgIpc) is 3.42. The third kappa shape index (κ3) is 5.04. The summed E-state index contributed by atoms with van der Waals surface area (Å²) in [5, 5.41) is 7.17. The summed E-state index contributed by atoms with van der Waals surface area (Å²) in [5.41, 5.74) is 2.43. The molecule has 0 bridgehead atoms. The molecule has 1 aliphatic heterocycles. The molecule has 2 aromatic rings. The molecule has 1 atom stereocenters. The molecule has 1 N–H and O–H groups in total. The number of carbonyl (C=O) groups is 1. The van der Waals surface area contributed by atoms with Gasteiger partial charge in [0.15, 0.2) is 0 Å². The average molecular weight is 450 g/mol. The number of nitrogens with zero attached hydrogens (tertiary/aromatic N) is 2. The van der Waals surface area contributed by atoms with Gasteiger partial charge in [-0.05, 0) is 66.8 Å². The van der Waals surface area contributed by atoms with Crippen LogP contribution in [0.15, 0.2) is 39.9 Å². The monoisotopic (exact) mass is 449 g/mol. The molecule has 0 radical (unpaired) electrons. The molecule has 1 aliphatic rings. The van der Waals surface area contributed by atoms with Crippen molar-refractivity contribution in [3.63, 3.8) is 0 Å². The molecule has 1 aromatic carbocycles. The lowest BCUT2D eigenvalue weighted by molar-refractivity contribution is 0.0940. The quantitative estimate of drug-likeness (QED) is 0.633. The Kier molecular flexibility index (Phi) is 7.55. The predicted molar refractivity (Wildman–Crippen MR) is 123 cm³/mol. The van der Waals surface area contributed by atoms with E-state index in [1.807, 2.05) is 26.2 Å². The molecule has 0 spiro atoms. The van der Waals surface area contributed by atoms with Crippen molar-refractivity contribution in [1.82, 2.24) is 9.62 Å². The minimum absolute atomic E-state index is 0.0541. The van der Waals surface area contributed by atoms with Gasteiger partial charge in [-0.25, -0.2) is 8.42 Å². The van der Waals surface area contributed by atoms with E-state index in [0.717, 1.165) is 38.0 Å². The molecule has 0 aliphatic carbocycles. The fourth-order valence-electron chi connectivity index (χ4n) is 3.92. The van der Waals surface area contributed by atoms with Gasteiger partial charge in [-0.1, -0.05) is 13.8 Å². The Morgan fingerprint density at radius 1 is 1.20 bits per heavy atom. The summed E-state index contributed by atoms with van der Waals surface area (Å²) in [4.78, 5) is 15.5. The zero-order chi connectivity index (χ0) is 21.7. The van der Waals surface area contributed by atoms with Crippen LogP contribution in [0, 0.1) is 0 Å². The van der Waals surface area contributed by atoms with Crippen LogP contribution in [0.2, 0.25) is 0 Å². The van der Waals surface area contributed by atoms with Gasteiger partial charge >= 0.3 is 0 Å². The van der Waals surface area contributed by atoms with E-state index in [9.17, 15) is 13.2 Å². The van der Waals surface area contributed by atoms with Crippen molar-refractivity contribution in [2.24, 2.45) is 0 Å². The van der Waals surface area contributed by atoms with Crippen LogP contribution in [-0.2, 0) is 16.4 Å². The third-order valence-corrected chi connectivity index (χ3v) is 8.28. The van der Waals surface area contributed by atoms with Crippen LogP contribution in [0.1, 0.15) is 49.5 Å². The number of hydrogen-bond acceptors (Lipinski definition) is 5. The largest absolute Gasteiger partial charge is 0.371 e. The van der Waals surface area contributed by atoms with Gasteiger partial charge in [0, 0.05) is 37.9 Å². The smallest absolute Gasteiger partial charge is 0.253 e. The second kappa shape index (κ2) is 9.94. The topological polar surface area (TPSA) is 69.7 Å². The molecule has 8 heteroatoms. The number of carbonyl (C=O) groups excluding carboxylic acids is 1. The van der Waals surface area contributed by atoms with Crippen LogP contribution in [-0.4, -0.2) is 50.9 Å². The number of hydrogen-bond donors (Lipinski definition) is 1. The summed E-state index contributed by atoms with van der Waals surface area (Å²) < 4.78 is 27.5. The van der Waals surface area contributed by atoms with Crippen molar-refractivity contribution in [3.05, 3.63) is 46.2 Å². The molecule has 30 heavy (non-hydrogen) atoms. The van der Waals surface area contributed by atoms with Crippen LogP contribution in [0.5, 0.6) is 0 Å². The Morgan fingerprint density at radius 3 is 2.50 bits per heavy atom. The van der Waals surface area contributed by atoms with Crippen LogP contribution in [0.25, 0.3) is 0 Å². The highest BCUT2D eigenvalue weighted by Gasteiger charge is 2.26. The van der Waals surface area contributed by atoms with E-state index >= 15 is 0 Å². The van der Waals surface area contributed by atoms with Gasteiger partial charge in [-0.3, -0.25) is 4.79 Å². The summed E-state index contributed by atoms with van der Waals surface area (Å²) in [6.07, 6.45) is 2.90. The number of rotatable bonds is 9. The normalized spacial score (nSPS) is 15.5. The van der Waals surface area contributed by atoms with E-state index < -0.39 is 10.0 Å². The van der Waals surface area contributed by atoms with Gasteiger partial charge in [0.05, 0.1) is 10.5 Å². The SMILES string of the molecule is CCN(CC)S(=O)(=O)c1ccc(N2CCCC2)c(C(=O)NC(C)Cc2ccsc2)c1. The van der Waals surface area contributed by atoms with Crippen molar-refractivity contribution in [2.45, 2.75) is 51.0 Å². The minimum Gasteiger partial charge on any atom is -0.371 e. The maximum Gasteiger partial charge on any atom is 0.253 e. The van der Waals surface area contributed by atoms with Gasteiger partial charge in [-0.15, -0.1) is 0 Å². The van der Waals surface area contributed by atoms with Crippen molar-refractivity contribution < 1.29 is 13.2 Å². The van der Waals surface area contributed by atoms with E-state index in [0.29, 0.717) is 18.7 Å². The van der Waals surface area contributed by atoms with Gasteiger partial charge in [0.25, 0.3) is 5.91 Å². The van der Waals surface area contributed by atoms with Crippen LogP contribution in [0.4, 0.5) is 5.69 Å². The summed E-state index contributed by atoms with van der Waals surface area (Å²) in [6, 6.07) is 6.97. The molecule has 0 saturated carbocycles. The lowest BCUT2D eigenvalue weighted by Gasteiger charge is -2.24. The fourth-order valence-corrected chi connectivity index (χ4v) is 6.09. The molecule has 6 nitrogen and oxygen atoms in total. The lowest BCUT2D eigenvalue weighted by Crippen LogP contribution is -2.36. The molecule has 1 fully saturated rings. The summed E-state index contributed by atoms with van der Waals surface area (Å²) in [6.45, 7) is 8.16. The Bertz CT molecular complexity index is 948. The molecule has 2 heterocycles. The number of benzene rings is 1.